The van der Waals surface area contributed by atoms with E-state index in [2.05, 4.69) is 15.5 Å². The quantitative estimate of drug-likeness (QED) is 0.831. The van der Waals surface area contributed by atoms with Crippen molar-refractivity contribution >= 4 is 29.2 Å². The van der Waals surface area contributed by atoms with Crippen molar-refractivity contribution in [2.45, 2.75) is 6.42 Å². The average Bonchev–Trinajstić information content (AvgIpc) is 2.65. The number of amides is 1. The maximum Gasteiger partial charge on any atom is 0.275 e. The molecule has 2 N–H and O–H groups in total. The summed E-state index contributed by atoms with van der Waals surface area (Å²) >= 11 is 0. The molecule has 1 aromatic carbocycles. The van der Waals surface area contributed by atoms with Crippen LogP contribution in [0.15, 0.2) is 24.3 Å². The fourth-order valence-corrected chi connectivity index (χ4v) is 2.33. The van der Waals surface area contributed by atoms with E-state index in [1.807, 2.05) is 29.2 Å². The Morgan fingerprint density at radius 2 is 2.05 bits per heavy atom. The zero-order chi connectivity index (χ0) is 12.4. The molecule has 6 heteroatoms. The zero-order valence-electron chi connectivity index (χ0n) is 10.6. The third-order valence-electron chi connectivity index (χ3n) is 3.30. The van der Waals surface area contributed by atoms with Gasteiger partial charge in [0.1, 0.15) is 0 Å². The van der Waals surface area contributed by atoms with Gasteiger partial charge in [-0.15, -0.1) is 12.4 Å². The molecule has 0 atom stereocenters. The summed E-state index contributed by atoms with van der Waals surface area (Å²) in [6, 6.07) is 7.73. The van der Waals surface area contributed by atoms with Crippen LogP contribution >= 0.6 is 12.4 Å². The molecule has 3 rings (SSSR count). The van der Waals surface area contributed by atoms with Gasteiger partial charge in [-0.05, 0) is 19.0 Å². The van der Waals surface area contributed by atoms with Crippen LogP contribution in [0.3, 0.4) is 0 Å². The van der Waals surface area contributed by atoms with Crippen molar-refractivity contribution in [3.63, 3.8) is 0 Å². The number of H-pyrrole nitrogens is 1. The minimum Gasteiger partial charge on any atom is -0.336 e. The Hall–Kier alpha value is -1.59. The molecule has 1 saturated heterocycles. The molecule has 0 bridgehead atoms. The number of para-hydroxylation sites is 1. The lowest BCUT2D eigenvalue weighted by atomic mass is 10.2. The van der Waals surface area contributed by atoms with Gasteiger partial charge in [0.2, 0.25) is 0 Å². The summed E-state index contributed by atoms with van der Waals surface area (Å²) in [5.41, 5.74) is 1.45. The smallest absolute Gasteiger partial charge is 0.275 e. The normalized spacial score (nSPS) is 15.9. The van der Waals surface area contributed by atoms with Crippen molar-refractivity contribution in [2.75, 3.05) is 26.2 Å². The fourth-order valence-electron chi connectivity index (χ4n) is 2.33. The van der Waals surface area contributed by atoms with E-state index in [0.717, 1.165) is 43.5 Å². The van der Waals surface area contributed by atoms with Gasteiger partial charge in [-0.2, -0.15) is 5.10 Å². The van der Waals surface area contributed by atoms with Gasteiger partial charge in [0.05, 0.1) is 5.52 Å². The van der Waals surface area contributed by atoms with Gasteiger partial charge in [-0.3, -0.25) is 9.89 Å². The number of aromatic amines is 1. The minimum atomic E-state index is 0. The van der Waals surface area contributed by atoms with E-state index in [0.29, 0.717) is 5.69 Å². The second-order valence-electron chi connectivity index (χ2n) is 4.51. The minimum absolute atomic E-state index is 0. The third kappa shape index (κ3) is 2.72. The van der Waals surface area contributed by atoms with E-state index < -0.39 is 0 Å². The molecule has 102 valence electrons. The number of halogens is 1. The Balaban J connectivity index is 0.00000133. The monoisotopic (exact) mass is 280 g/mol. The van der Waals surface area contributed by atoms with Crippen molar-refractivity contribution in [1.82, 2.24) is 20.4 Å². The van der Waals surface area contributed by atoms with Crippen LogP contribution in [-0.4, -0.2) is 47.2 Å². The molecule has 2 aromatic rings. The first-order valence-electron chi connectivity index (χ1n) is 6.29. The summed E-state index contributed by atoms with van der Waals surface area (Å²) in [7, 11) is 0. The zero-order valence-corrected chi connectivity index (χ0v) is 11.4. The predicted octanol–water partition coefficient (Wildman–Crippen LogP) is 1.42. The van der Waals surface area contributed by atoms with Crippen LogP contribution in [0.4, 0.5) is 0 Å². The van der Waals surface area contributed by atoms with E-state index >= 15 is 0 Å². The van der Waals surface area contributed by atoms with Crippen LogP contribution in [-0.2, 0) is 0 Å². The number of carbonyl (C=O) groups excluding carboxylic acids is 1. The molecular weight excluding hydrogens is 264 g/mol. The molecule has 1 aliphatic rings. The number of rotatable bonds is 1. The molecule has 1 aromatic heterocycles. The highest BCUT2D eigenvalue weighted by Gasteiger charge is 2.21. The van der Waals surface area contributed by atoms with Gasteiger partial charge in [0, 0.05) is 25.0 Å². The number of nitrogens with one attached hydrogen (secondary N) is 2. The van der Waals surface area contributed by atoms with E-state index in [-0.39, 0.29) is 18.3 Å². The standard InChI is InChI=1S/C13H16N4O.ClH/c18-13(17-8-3-6-14-7-9-17)12-10-4-1-2-5-11(10)15-16-12;/h1-2,4-5,14H,3,6-9H2,(H,15,16);1H. The first kappa shape index (κ1) is 13.8. The van der Waals surface area contributed by atoms with E-state index in [4.69, 9.17) is 0 Å². The second kappa shape index (κ2) is 6.04. The van der Waals surface area contributed by atoms with Crippen molar-refractivity contribution in [2.24, 2.45) is 0 Å². The highest BCUT2D eigenvalue weighted by Crippen LogP contribution is 2.17. The van der Waals surface area contributed by atoms with Gasteiger partial charge in [-0.25, -0.2) is 0 Å². The van der Waals surface area contributed by atoms with Crippen LogP contribution < -0.4 is 5.32 Å². The Labute approximate surface area is 117 Å². The first-order valence-corrected chi connectivity index (χ1v) is 6.29. The number of hydrogen-bond donors (Lipinski definition) is 2. The second-order valence-corrected chi connectivity index (χ2v) is 4.51. The summed E-state index contributed by atoms with van der Waals surface area (Å²) in [5, 5.41) is 11.3. The molecule has 1 fully saturated rings. The lowest BCUT2D eigenvalue weighted by Gasteiger charge is -2.18. The van der Waals surface area contributed by atoms with Crippen LogP contribution in [0, 0.1) is 0 Å². The molecular formula is C13H17ClN4O. The summed E-state index contributed by atoms with van der Waals surface area (Å²) in [6.07, 6.45) is 0.994. The summed E-state index contributed by atoms with van der Waals surface area (Å²) < 4.78 is 0. The maximum atomic E-state index is 12.4. The Kier molecular flexibility index (Phi) is 4.39. The molecule has 0 saturated carbocycles. The lowest BCUT2D eigenvalue weighted by molar-refractivity contribution is 0.0762. The largest absolute Gasteiger partial charge is 0.336 e. The fraction of sp³-hybridized carbons (Fsp3) is 0.385. The molecule has 0 spiro atoms. The van der Waals surface area contributed by atoms with Gasteiger partial charge in [0.15, 0.2) is 5.69 Å². The molecule has 0 radical (unpaired) electrons. The topological polar surface area (TPSA) is 61.0 Å². The Morgan fingerprint density at radius 1 is 1.21 bits per heavy atom. The number of fused-ring (bicyclic) bond motifs is 1. The number of aromatic nitrogens is 2. The number of nitrogens with zero attached hydrogens (tertiary/aromatic N) is 2. The number of carbonyl (C=O) groups is 1. The van der Waals surface area contributed by atoms with Crippen molar-refractivity contribution < 1.29 is 4.79 Å². The molecule has 0 aliphatic carbocycles. The summed E-state index contributed by atoms with van der Waals surface area (Å²) in [4.78, 5) is 14.3. The van der Waals surface area contributed by atoms with Crippen LogP contribution in [0.5, 0.6) is 0 Å². The Bertz CT molecular complexity index is 561. The highest BCUT2D eigenvalue weighted by molar-refractivity contribution is 6.04. The van der Waals surface area contributed by atoms with Gasteiger partial charge >= 0.3 is 0 Å². The van der Waals surface area contributed by atoms with E-state index in [1.165, 1.54) is 0 Å². The Morgan fingerprint density at radius 3 is 2.95 bits per heavy atom. The third-order valence-corrected chi connectivity index (χ3v) is 3.30. The van der Waals surface area contributed by atoms with E-state index in [1.54, 1.807) is 0 Å². The van der Waals surface area contributed by atoms with Gasteiger partial charge in [-0.1, -0.05) is 18.2 Å². The molecule has 19 heavy (non-hydrogen) atoms. The van der Waals surface area contributed by atoms with Crippen molar-refractivity contribution in [3.8, 4) is 0 Å². The number of hydrogen-bond acceptors (Lipinski definition) is 3. The first-order chi connectivity index (χ1) is 8.86. The van der Waals surface area contributed by atoms with Gasteiger partial charge in [0.25, 0.3) is 5.91 Å². The van der Waals surface area contributed by atoms with Gasteiger partial charge < -0.3 is 10.2 Å². The van der Waals surface area contributed by atoms with Crippen molar-refractivity contribution in [3.05, 3.63) is 30.0 Å². The van der Waals surface area contributed by atoms with Crippen LogP contribution in [0.2, 0.25) is 0 Å². The number of benzene rings is 1. The summed E-state index contributed by atoms with van der Waals surface area (Å²) in [5.74, 6) is 0.0242. The summed E-state index contributed by atoms with van der Waals surface area (Å²) in [6.45, 7) is 3.38. The maximum absolute atomic E-state index is 12.4. The highest BCUT2D eigenvalue weighted by atomic mass is 35.5. The molecule has 2 heterocycles. The lowest BCUT2D eigenvalue weighted by Crippen LogP contribution is -2.34. The van der Waals surface area contributed by atoms with Crippen molar-refractivity contribution in [1.29, 1.82) is 0 Å². The average molecular weight is 281 g/mol. The SMILES string of the molecule is Cl.O=C(c1n[nH]c2ccccc12)N1CCCNCC1. The van der Waals surface area contributed by atoms with E-state index in [9.17, 15) is 4.79 Å². The molecule has 1 aliphatic heterocycles. The van der Waals surface area contributed by atoms with Crippen LogP contribution in [0.25, 0.3) is 10.9 Å². The van der Waals surface area contributed by atoms with Crippen LogP contribution in [0.1, 0.15) is 16.9 Å². The molecule has 0 unspecified atom stereocenters. The molecule has 5 nitrogen and oxygen atoms in total. The predicted molar refractivity (Wildman–Crippen MR) is 76.7 cm³/mol. The molecule has 1 amide bonds.